The Bertz CT molecular complexity index is 1380. The van der Waals surface area contributed by atoms with Crippen LogP contribution < -0.4 is 10.6 Å². The minimum Gasteiger partial charge on any atom is -0.462 e. The van der Waals surface area contributed by atoms with E-state index >= 15 is 0 Å². The smallest absolute Gasteiger partial charge is 0.341 e. The Labute approximate surface area is 206 Å². The van der Waals surface area contributed by atoms with Gasteiger partial charge in [-0.2, -0.15) is 0 Å². The molecule has 2 heterocycles. The first kappa shape index (κ1) is 23.0. The summed E-state index contributed by atoms with van der Waals surface area (Å²) < 4.78 is 5.20. The number of anilines is 1. The number of urea groups is 1. The Kier molecular flexibility index (Phi) is 5.80. The van der Waals surface area contributed by atoms with Crippen molar-refractivity contribution in [2.24, 2.45) is 0 Å². The Balaban J connectivity index is 1.38. The molecule has 1 atom stereocenters. The van der Waals surface area contributed by atoms with E-state index in [1.165, 1.54) is 11.3 Å². The van der Waals surface area contributed by atoms with Gasteiger partial charge in [-0.15, -0.1) is 11.3 Å². The van der Waals surface area contributed by atoms with Crippen LogP contribution in [0.25, 0.3) is 10.8 Å². The molecule has 35 heavy (non-hydrogen) atoms. The standard InChI is InChI=1S/C26H25N3O5S/c1-3-34-23(31)21-17-11-7-13-19(17)35-22(21)27-20(30)14-29-24(32)26(2,28-25(29)33)18-12-6-9-15-8-4-5-10-16(15)18/h4-6,8-10,12H,3,7,11,13-14H2,1-2H3,(H,27,30)(H,28,33). The molecule has 2 N–H and O–H groups in total. The molecule has 1 aliphatic heterocycles. The molecule has 3 aromatic rings. The molecule has 1 aliphatic carbocycles. The molecule has 2 aliphatic rings. The summed E-state index contributed by atoms with van der Waals surface area (Å²) in [5, 5.41) is 7.72. The van der Waals surface area contributed by atoms with Crippen LogP contribution in [0.4, 0.5) is 9.80 Å². The van der Waals surface area contributed by atoms with Gasteiger partial charge >= 0.3 is 12.0 Å². The lowest BCUT2D eigenvalue weighted by atomic mass is 9.88. The molecule has 0 saturated carbocycles. The maximum Gasteiger partial charge on any atom is 0.341 e. The van der Waals surface area contributed by atoms with E-state index in [2.05, 4.69) is 10.6 Å². The van der Waals surface area contributed by atoms with Crippen molar-refractivity contribution in [1.29, 1.82) is 0 Å². The highest BCUT2D eigenvalue weighted by Crippen LogP contribution is 2.40. The average Bonchev–Trinajstić information content (AvgIpc) is 3.47. The fourth-order valence-corrected chi connectivity index (χ4v) is 6.20. The van der Waals surface area contributed by atoms with Crippen LogP contribution in [0, 0.1) is 0 Å². The topological polar surface area (TPSA) is 105 Å². The zero-order chi connectivity index (χ0) is 24.7. The van der Waals surface area contributed by atoms with E-state index < -0.39 is 35.9 Å². The minimum atomic E-state index is -1.31. The number of aryl methyl sites for hydroxylation is 1. The highest BCUT2D eigenvalue weighted by atomic mass is 32.1. The first-order valence-corrected chi connectivity index (χ1v) is 12.4. The van der Waals surface area contributed by atoms with Gasteiger partial charge in [0, 0.05) is 4.88 Å². The zero-order valence-corrected chi connectivity index (χ0v) is 20.3. The lowest BCUT2D eigenvalue weighted by molar-refractivity contribution is -0.133. The summed E-state index contributed by atoms with van der Waals surface area (Å²) in [7, 11) is 0. The molecule has 5 rings (SSSR count). The van der Waals surface area contributed by atoms with Crippen LogP contribution in [0.2, 0.25) is 0 Å². The molecule has 2 aromatic carbocycles. The predicted molar refractivity (Wildman–Crippen MR) is 132 cm³/mol. The number of ether oxygens (including phenoxy) is 1. The third-order valence-electron chi connectivity index (χ3n) is 6.56. The van der Waals surface area contributed by atoms with Crippen LogP contribution in [0.1, 0.15) is 46.6 Å². The predicted octanol–water partition coefficient (Wildman–Crippen LogP) is 3.97. The molecule has 1 aromatic heterocycles. The number of nitrogens with zero attached hydrogens (tertiary/aromatic N) is 1. The monoisotopic (exact) mass is 491 g/mol. The van der Waals surface area contributed by atoms with Gasteiger partial charge < -0.3 is 15.4 Å². The van der Waals surface area contributed by atoms with Crippen LogP contribution in [-0.4, -0.2) is 41.9 Å². The molecule has 4 amide bonds. The highest BCUT2D eigenvalue weighted by Gasteiger charge is 2.50. The molecule has 1 unspecified atom stereocenters. The second kappa shape index (κ2) is 8.81. The summed E-state index contributed by atoms with van der Waals surface area (Å²) in [6.45, 7) is 3.14. The van der Waals surface area contributed by atoms with Crippen molar-refractivity contribution in [3.05, 3.63) is 64.0 Å². The van der Waals surface area contributed by atoms with Crippen LogP contribution in [0.3, 0.4) is 0 Å². The van der Waals surface area contributed by atoms with E-state index in [1.807, 2.05) is 42.5 Å². The number of benzene rings is 2. The number of esters is 1. The normalized spacial score (nSPS) is 19.1. The molecule has 0 spiro atoms. The molecule has 8 nitrogen and oxygen atoms in total. The van der Waals surface area contributed by atoms with Gasteiger partial charge in [0.25, 0.3) is 5.91 Å². The summed E-state index contributed by atoms with van der Waals surface area (Å²) in [5.74, 6) is -1.53. The summed E-state index contributed by atoms with van der Waals surface area (Å²) in [4.78, 5) is 53.7. The Hall–Kier alpha value is -3.72. The molecular weight excluding hydrogens is 466 g/mol. The highest BCUT2D eigenvalue weighted by molar-refractivity contribution is 7.17. The maximum atomic E-state index is 13.4. The van der Waals surface area contributed by atoms with Gasteiger partial charge in [0.05, 0.1) is 12.2 Å². The van der Waals surface area contributed by atoms with E-state index in [-0.39, 0.29) is 6.61 Å². The molecule has 0 bridgehead atoms. The summed E-state index contributed by atoms with van der Waals surface area (Å²) in [6, 6.07) is 12.6. The molecule has 1 saturated heterocycles. The van der Waals surface area contributed by atoms with Gasteiger partial charge in [0.2, 0.25) is 5.91 Å². The van der Waals surface area contributed by atoms with Gasteiger partial charge in [-0.1, -0.05) is 42.5 Å². The summed E-state index contributed by atoms with van der Waals surface area (Å²) in [6.07, 6.45) is 2.56. The first-order valence-electron chi connectivity index (χ1n) is 11.6. The van der Waals surface area contributed by atoms with Crippen molar-refractivity contribution in [1.82, 2.24) is 10.2 Å². The quantitative estimate of drug-likeness (QED) is 0.401. The number of fused-ring (bicyclic) bond motifs is 2. The van der Waals surface area contributed by atoms with Crippen molar-refractivity contribution in [3.63, 3.8) is 0 Å². The maximum absolute atomic E-state index is 13.4. The fourth-order valence-electron chi connectivity index (χ4n) is 4.91. The van der Waals surface area contributed by atoms with E-state index in [9.17, 15) is 19.2 Å². The first-order chi connectivity index (χ1) is 16.8. The largest absolute Gasteiger partial charge is 0.462 e. The second-order valence-electron chi connectivity index (χ2n) is 8.80. The van der Waals surface area contributed by atoms with Crippen LogP contribution in [0.5, 0.6) is 0 Å². The van der Waals surface area contributed by atoms with Crippen LogP contribution >= 0.6 is 11.3 Å². The van der Waals surface area contributed by atoms with E-state index in [0.29, 0.717) is 16.1 Å². The number of rotatable bonds is 6. The van der Waals surface area contributed by atoms with Gasteiger partial charge in [0.1, 0.15) is 17.1 Å². The average molecular weight is 492 g/mol. The van der Waals surface area contributed by atoms with E-state index in [1.54, 1.807) is 13.8 Å². The number of hydrogen-bond acceptors (Lipinski definition) is 6. The number of hydrogen-bond donors (Lipinski definition) is 2. The van der Waals surface area contributed by atoms with E-state index in [0.717, 1.165) is 45.4 Å². The van der Waals surface area contributed by atoms with Crippen molar-refractivity contribution < 1.29 is 23.9 Å². The van der Waals surface area contributed by atoms with Crippen molar-refractivity contribution in [3.8, 4) is 0 Å². The lowest BCUT2D eigenvalue weighted by Gasteiger charge is -2.24. The molecule has 9 heteroatoms. The lowest BCUT2D eigenvalue weighted by Crippen LogP contribution is -2.42. The number of carbonyl (C=O) groups is 4. The van der Waals surface area contributed by atoms with Gasteiger partial charge in [-0.05, 0) is 55.0 Å². The van der Waals surface area contributed by atoms with Gasteiger partial charge in [0.15, 0.2) is 0 Å². The third kappa shape index (κ3) is 3.85. The number of thiophene rings is 1. The second-order valence-corrected chi connectivity index (χ2v) is 9.91. The Morgan fingerprint density at radius 1 is 1.14 bits per heavy atom. The van der Waals surface area contributed by atoms with Crippen molar-refractivity contribution in [2.45, 2.75) is 38.6 Å². The molecular formula is C26H25N3O5S. The SMILES string of the molecule is CCOC(=O)c1c(NC(=O)CN2C(=O)NC(C)(c3cccc4ccccc34)C2=O)sc2c1CCC2. The van der Waals surface area contributed by atoms with Gasteiger partial charge in [-0.3, -0.25) is 14.5 Å². The number of amides is 4. The number of carbonyl (C=O) groups excluding carboxylic acids is 4. The minimum absolute atomic E-state index is 0.228. The Morgan fingerprint density at radius 2 is 1.91 bits per heavy atom. The zero-order valence-electron chi connectivity index (χ0n) is 19.5. The number of imide groups is 1. The summed E-state index contributed by atoms with van der Waals surface area (Å²) >= 11 is 1.35. The van der Waals surface area contributed by atoms with Crippen molar-refractivity contribution in [2.75, 3.05) is 18.5 Å². The number of nitrogens with one attached hydrogen (secondary N) is 2. The Morgan fingerprint density at radius 3 is 2.71 bits per heavy atom. The third-order valence-corrected chi connectivity index (χ3v) is 7.77. The fraction of sp³-hybridized carbons (Fsp3) is 0.308. The van der Waals surface area contributed by atoms with Gasteiger partial charge in [-0.25, -0.2) is 9.59 Å². The van der Waals surface area contributed by atoms with Crippen molar-refractivity contribution >= 4 is 50.9 Å². The molecule has 0 radical (unpaired) electrons. The van der Waals surface area contributed by atoms with Crippen LogP contribution in [-0.2, 0) is 32.7 Å². The van der Waals surface area contributed by atoms with E-state index in [4.69, 9.17) is 4.74 Å². The summed E-state index contributed by atoms with van der Waals surface area (Å²) in [5.41, 5.74) is 0.659. The molecule has 1 fully saturated rings. The van der Waals surface area contributed by atoms with Crippen LogP contribution in [0.15, 0.2) is 42.5 Å². The molecule has 180 valence electrons.